The van der Waals surface area contributed by atoms with Crippen molar-refractivity contribution in [2.24, 2.45) is 0 Å². The van der Waals surface area contributed by atoms with Gasteiger partial charge in [-0.1, -0.05) is 37.3 Å². The van der Waals surface area contributed by atoms with Gasteiger partial charge < -0.3 is 19.9 Å². The summed E-state index contributed by atoms with van der Waals surface area (Å²) in [6.07, 6.45) is 0. The lowest BCUT2D eigenvalue weighted by molar-refractivity contribution is -0.118. The molecule has 2 aromatic carbocycles. The molecular weight excluding hydrogens is 396 g/mol. The molecule has 2 heterocycles. The highest BCUT2D eigenvalue weighted by atomic mass is 32.1. The van der Waals surface area contributed by atoms with E-state index in [2.05, 4.69) is 36.0 Å². The monoisotopic (exact) mass is 424 g/mol. The maximum atomic E-state index is 12.3. The fraction of sp³-hybridized carbons (Fsp3) is 0.391. The first-order valence-corrected chi connectivity index (χ1v) is 11.2. The summed E-state index contributed by atoms with van der Waals surface area (Å²) >= 11 is 1.67. The molecule has 4 rings (SSSR count). The van der Waals surface area contributed by atoms with E-state index in [1.807, 2.05) is 42.5 Å². The first kappa shape index (κ1) is 20.6. The molecule has 0 radical (unpaired) electrons. The normalized spacial score (nSPS) is 15.0. The molecule has 1 aromatic heterocycles. The minimum atomic E-state index is -0.175. The van der Waals surface area contributed by atoms with E-state index < -0.39 is 0 Å². The molecule has 1 aliphatic heterocycles. The quantitative estimate of drug-likeness (QED) is 0.643. The largest absolute Gasteiger partial charge is 0.484 e. The van der Waals surface area contributed by atoms with E-state index in [0.29, 0.717) is 11.7 Å². The average Bonchev–Trinajstić information content (AvgIpc) is 3.16. The van der Waals surface area contributed by atoms with Crippen LogP contribution in [0.3, 0.4) is 0 Å². The molecule has 0 spiro atoms. The van der Waals surface area contributed by atoms with Gasteiger partial charge in [0.2, 0.25) is 0 Å². The van der Waals surface area contributed by atoms with E-state index in [-0.39, 0.29) is 12.5 Å². The Labute approximate surface area is 181 Å². The molecule has 6 nitrogen and oxygen atoms in total. The number of nitrogens with one attached hydrogen (secondary N) is 1. The maximum Gasteiger partial charge on any atom is 0.262 e. The van der Waals surface area contributed by atoms with Crippen LogP contribution in [0.5, 0.6) is 5.75 Å². The lowest BCUT2D eigenvalue weighted by Crippen LogP contribution is -2.44. The van der Waals surface area contributed by atoms with Gasteiger partial charge in [0, 0.05) is 31.9 Å². The average molecular weight is 425 g/mol. The summed E-state index contributed by atoms with van der Waals surface area (Å²) in [7, 11) is 2.15. The fourth-order valence-corrected chi connectivity index (χ4v) is 4.47. The third-order valence-corrected chi connectivity index (χ3v) is 6.43. The van der Waals surface area contributed by atoms with Gasteiger partial charge in [-0.15, -0.1) is 0 Å². The second-order valence-corrected chi connectivity index (χ2v) is 9.04. The SMILES string of the molecule is CC(C)c1ccc(OCC(=O)Nc2ccc3nc(N4CCN(C)CC4)sc3c2)cc1. The third kappa shape index (κ3) is 4.91. The Kier molecular flexibility index (Phi) is 6.20. The third-order valence-electron chi connectivity index (χ3n) is 5.35. The lowest BCUT2D eigenvalue weighted by Gasteiger charge is -2.31. The molecule has 158 valence electrons. The first-order valence-electron chi connectivity index (χ1n) is 10.3. The van der Waals surface area contributed by atoms with Crippen LogP contribution in [0.1, 0.15) is 25.3 Å². The van der Waals surface area contributed by atoms with Crippen molar-refractivity contribution in [1.82, 2.24) is 9.88 Å². The summed E-state index contributed by atoms with van der Waals surface area (Å²) in [5.41, 5.74) is 2.98. The number of anilines is 2. The number of carbonyl (C=O) groups excluding carboxylic acids is 1. The Morgan fingerprint density at radius 3 is 2.57 bits per heavy atom. The zero-order valence-corrected chi connectivity index (χ0v) is 18.5. The number of hydrogen-bond donors (Lipinski definition) is 1. The highest BCUT2D eigenvalue weighted by Gasteiger charge is 2.18. The smallest absolute Gasteiger partial charge is 0.262 e. The van der Waals surface area contributed by atoms with Crippen molar-refractivity contribution in [2.45, 2.75) is 19.8 Å². The summed E-state index contributed by atoms with van der Waals surface area (Å²) in [6, 6.07) is 13.7. The highest BCUT2D eigenvalue weighted by molar-refractivity contribution is 7.22. The van der Waals surface area contributed by atoms with Gasteiger partial charge in [-0.2, -0.15) is 0 Å². The molecule has 3 aromatic rings. The lowest BCUT2D eigenvalue weighted by atomic mass is 10.0. The molecule has 0 bridgehead atoms. The van der Waals surface area contributed by atoms with Crippen LogP contribution in [0.25, 0.3) is 10.2 Å². The van der Waals surface area contributed by atoms with Gasteiger partial charge in [-0.3, -0.25) is 4.79 Å². The molecule has 1 fully saturated rings. The number of likely N-dealkylation sites (N-methyl/N-ethyl adjacent to an activating group) is 1. The van der Waals surface area contributed by atoms with Crippen molar-refractivity contribution in [3.63, 3.8) is 0 Å². The van der Waals surface area contributed by atoms with Gasteiger partial charge in [-0.05, 0) is 48.9 Å². The maximum absolute atomic E-state index is 12.3. The van der Waals surface area contributed by atoms with E-state index in [9.17, 15) is 4.79 Å². The summed E-state index contributed by atoms with van der Waals surface area (Å²) in [5, 5.41) is 3.97. The predicted octanol–water partition coefficient (Wildman–Crippen LogP) is 4.19. The van der Waals surface area contributed by atoms with Crippen LogP contribution >= 0.6 is 11.3 Å². The van der Waals surface area contributed by atoms with Gasteiger partial charge in [0.1, 0.15) is 5.75 Å². The van der Waals surface area contributed by atoms with Crippen LogP contribution in [-0.4, -0.2) is 55.6 Å². The number of nitrogens with zero attached hydrogens (tertiary/aromatic N) is 3. The van der Waals surface area contributed by atoms with Crippen LogP contribution in [0.2, 0.25) is 0 Å². The minimum absolute atomic E-state index is 0.0195. The molecule has 0 unspecified atom stereocenters. The number of piperazine rings is 1. The number of rotatable bonds is 6. The number of amides is 1. The van der Waals surface area contributed by atoms with Gasteiger partial charge in [-0.25, -0.2) is 4.98 Å². The van der Waals surface area contributed by atoms with Crippen LogP contribution in [0.4, 0.5) is 10.8 Å². The van der Waals surface area contributed by atoms with Crippen molar-refractivity contribution in [1.29, 1.82) is 0 Å². The Hall–Kier alpha value is -2.64. The Morgan fingerprint density at radius 1 is 1.13 bits per heavy atom. The molecule has 1 N–H and O–H groups in total. The number of ether oxygens (including phenoxy) is 1. The van der Waals surface area contributed by atoms with E-state index in [0.717, 1.165) is 47.2 Å². The zero-order chi connectivity index (χ0) is 21.1. The zero-order valence-electron chi connectivity index (χ0n) is 17.7. The van der Waals surface area contributed by atoms with Crippen LogP contribution < -0.4 is 15.0 Å². The van der Waals surface area contributed by atoms with Crippen molar-refractivity contribution in [2.75, 3.05) is 50.1 Å². The first-order chi connectivity index (χ1) is 14.5. The second kappa shape index (κ2) is 9.02. The number of fused-ring (bicyclic) bond motifs is 1. The van der Waals surface area contributed by atoms with Crippen LogP contribution in [0.15, 0.2) is 42.5 Å². The number of hydrogen-bond acceptors (Lipinski definition) is 6. The number of carbonyl (C=O) groups is 1. The molecule has 0 aliphatic carbocycles. The van der Waals surface area contributed by atoms with Gasteiger partial charge >= 0.3 is 0 Å². The topological polar surface area (TPSA) is 57.7 Å². The fourth-order valence-electron chi connectivity index (χ4n) is 3.42. The Morgan fingerprint density at radius 2 is 1.87 bits per heavy atom. The van der Waals surface area contributed by atoms with E-state index in [1.54, 1.807) is 11.3 Å². The highest BCUT2D eigenvalue weighted by Crippen LogP contribution is 2.31. The van der Waals surface area contributed by atoms with Crippen molar-refractivity contribution < 1.29 is 9.53 Å². The van der Waals surface area contributed by atoms with Gasteiger partial charge in [0.15, 0.2) is 11.7 Å². The van der Waals surface area contributed by atoms with E-state index >= 15 is 0 Å². The molecule has 30 heavy (non-hydrogen) atoms. The molecule has 0 atom stereocenters. The van der Waals surface area contributed by atoms with E-state index in [4.69, 9.17) is 9.72 Å². The van der Waals surface area contributed by atoms with Gasteiger partial charge in [0.25, 0.3) is 5.91 Å². The summed E-state index contributed by atoms with van der Waals surface area (Å²) in [4.78, 5) is 21.8. The van der Waals surface area contributed by atoms with Crippen molar-refractivity contribution >= 4 is 38.3 Å². The van der Waals surface area contributed by atoms with Crippen molar-refractivity contribution in [3.05, 3.63) is 48.0 Å². The summed E-state index contributed by atoms with van der Waals surface area (Å²) in [5.74, 6) is 0.996. The number of aromatic nitrogens is 1. The van der Waals surface area contributed by atoms with Crippen LogP contribution in [-0.2, 0) is 4.79 Å². The molecule has 0 saturated carbocycles. The number of benzene rings is 2. The summed E-state index contributed by atoms with van der Waals surface area (Å²) in [6.45, 7) is 8.38. The molecule has 1 aliphatic rings. The molecular formula is C23H28N4O2S. The number of thiazole rings is 1. The standard InChI is InChI=1S/C23H28N4O2S/c1-16(2)17-4-7-19(8-5-17)29-15-22(28)24-18-6-9-20-21(14-18)30-23(25-20)27-12-10-26(3)11-13-27/h4-9,14,16H,10-13,15H2,1-3H3,(H,24,28). The van der Waals surface area contributed by atoms with Gasteiger partial charge in [0.05, 0.1) is 10.2 Å². The summed E-state index contributed by atoms with van der Waals surface area (Å²) < 4.78 is 6.70. The predicted molar refractivity (Wildman–Crippen MR) is 124 cm³/mol. The van der Waals surface area contributed by atoms with E-state index in [1.165, 1.54) is 5.56 Å². The minimum Gasteiger partial charge on any atom is -0.484 e. The second-order valence-electron chi connectivity index (χ2n) is 8.03. The molecule has 7 heteroatoms. The van der Waals surface area contributed by atoms with Crippen molar-refractivity contribution in [3.8, 4) is 5.75 Å². The Bertz CT molecular complexity index is 1010. The molecule has 1 amide bonds. The Balaban J connectivity index is 1.35. The molecule has 1 saturated heterocycles. The van der Waals surface area contributed by atoms with Crippen LogP contribution in [0, 0.1) is 0 Å².